The summed E-state index contributed by atoms with van der Waals surface area (Å²) in [7, 11) is 0. The molecule has 0 spiro atoms. The summed E-state index contributed by atoms with van der Waals surface area (Å²) in [6, 6.07) is 3.55. The monoisotopic (exact) mass is 189 g/mol. The van der Waals surface area contributed by atoms with Gasteiger partial charge in [-0.1, -0.05) is 0 Å². The average Bonchev–Trinajstić information content (AvgIpc) is 2.54. The Kier molecular flexibility index (Phi) is 3.08. The topological polar surface area (TPSA) is 59.6 Å². The molecule has 0 bridgehead atoms. The van der Waals surface area contributed by atoms with E-state index in [0.29, 0.717) is 0 Å². The molecule has 0 atom stereocenters. The summed E-state index contributed by atoms with van der Waals surface area (Å²) in [6.45, 7) is 1.96. The first-order chi connectivity index (χ1) is 6.27. The molecule has 4 heteroatoms. The second-order valence-corrected chi connectivity index (χ2v) is 3.14. The Morgan fingerprint density at radius 1 is 1.46 bits per heavy atom. The van der Waals surface area contributed by atoms with Crippen molar-refractivity contribution in [1.29, 1.82) is 10.5 Å². The van der Waals surface area contributed by atoms with Gasteiger partial charge in [-0.2, -0.15) is 10.5 Å². The second kappa shape index (κ2) is 4.30. The molecule has 0 aliphatic carbocycles. The van der Waals surface area contributed by atoms with Gasteiger partial charge >= 0.3 is 0 Å². The smallest absolute Gasteiger partial charge is 0.145 e. The molecule has 1 aromatic heterocycles. The van der Waals surface area contributed by atoms with E-state index in [1.807, 2.05) is 17.7 Å². The third-order valence-corrected chi connectivity index (χ3v) is 2.33. The van der Waals surface area contributed by atoms with Crippen LogP contribution in [-0.4, -0.2) is 0 Å². The number of anilines is 1. The van der Waals surface area contributed by atoms with Gasteiger partial charge in [-0.15, -0.1) is 11.3 Å². The Hall–Kier alpha value is -1.78. The van der Waals surface area contributed by atoms with Crippen LogP contribution in [0.5, 0.6) is 0 Å². The molecule has 0 saturated carbocycles. The van der Waals surface area contributed by atoms with E-state index < -0.39 is 0 Å². The number of thiophene rings is 1. The number of nitriles is 2. The summed E-state index contributed by atoms with van der Waals surface area (Å²) in [5.74, 6) is 0. The van der Waals surface area contributed by atoms with Gasteiger partial charge in [0, 0.05) is 11.6 Å². The Balaban J connectivity index is 2.74. The van der Waals surface area contributed by atoms with Crippen LogP contribution in [-0.2, 0) is 0 Å². The van der Waals surface area contributed by atoms with E-state index in [9.17, 15) is 0 Å². The van der Waals surface area contributed by atoms with Gasteiger partial charge in [-0.05, 0) is 17.9 Å². The van der Waals surface area contributed by atoms with Crippen molar-refractivity contribution in [1.82, 2.24) is 0 Å². The van der Waals surface area contributed by atoms with E-state index in [1.54, 1.807) is 23.5 Å². The summed E-state index contributed by atoms with van der Waals surface area (Å²) >= 11 is 1.58. The van der Waals surface area contributed by atoms with Crippen LogP contribution in [0.2, 0.25) is 0 Å². The molecule has 64 valence electrons. The minimum Gasteiger partial charge on any atom is -0.359 e. The molecule has 0 radical (unpaired) electrons. The Morgan fingerprint density at radius 2 is 2.15 bits per heavy atom. The van der Waals surface area contributed by atoms with Crippen LogP contribution >= 0.6 is 11.3 Å². The average molecular weight is 189 g/mol. The van der Waals surface area contributed by atoms with Crippen LogP contribution in [0, 0.1) is 29.6 Å². The molecule has 1 heterocycles. The molecule has 1 aromatic rings. The minimum absolute atomic E-state index is 0.0746. The molecule has 0 aliphatic heterocycles. The second-order valence-electron chi connectivity index (χ2n) is 2.39. The minimum atomic E-state index is 0.0746. The van der Waals surface area contributed by atoms with Crippen molar-refractivity contribution in [3.05, 3.63) is 28.1 Å². The zero-order chi connectivity index (χ0) is 9.68. The van der Waals surface area contributed by atoms with Gasteiger partial charge in [0.15, 0.2) is 0 Å². The molecule has 0 aliphatic rings. The molecule has 0 unspecified atom stereocenters. The van der Waals surface area contributed by atoms with Crippen molar-refractivity contribution < 1.29 is 0 Å². The summed E-state index contributed by atoms with van der Waals surface area (Å²) in [5.41, 5.74) is 2.12. The molecule has 0 amide bonds. The molecule has 13 heavy (non-hydrogen) atoms. The number of rotatable bonds is 2. The Morgan fingerprint density at radius 3 is 2.62 bits per heavy atom. The first-order valence-electron chi connectivity index (χ1n) is 3.57. The largest absolute Gasteiger partial charge is 0.359 e. The lowest BCUT2D eigenvalue weighted by molar-refractivity contribution is 1.43. The summed E-state index contributed by atoms with van der Waals surface area (Å²) in [6.07, 6.45) is 1.41. The van der Waals surface area contributed by atoms with Crippen LogP contribution in [0.3, 0.4) is 0 Å². The Labute approximate surface area is 80.5 Å². The molecule has 3 nitrogen and oxygen atoms in total. The van der Waals surface area contributed by atoms with Crippen molar-refractivity contribution in [3.63, 3.8) is 0 Å². The molecular weight excluding hydrogens is 182 g/mol. The summed E-state index contributed by atoms with van der Waals surface area (Å²) < 4.78 is 0. The highest BCUT2D eigenvalue weighted by atomic mass is 32.1. The third-order valence-electron chi connectivity index (χ3n) is 1.47. The lowest BCUT2D eigenvalue weighted by Gasteiger charge is -1.96. The van der Waals surface area contributed by atoms with Crippen LogP contribution in [0.25, 0.3) is 0 Å². The molecule has 1 rings (SSSR count). The maximum Gasteiger partial charge on any atom is 0.145 e. The van der Waals surface area contributed by atoms with Gasteiger partial charge in [0.05, 0.1) is 5.69 Å². The van der Waals surface area contributed by atoms with Gasteiger partial charge in [0.25, 0.3) is 0 Å². The van der Waals surface area contributed by atoms with Gasteiger partial charge in [-0.25, -0.2) is 0 Å². The molecule has 1 N–H and O–H groups in total. The maximum atomic E-state index is 8.45. The van der Waals surface area contributed by atoms with Gasteiger partial charge < -0.3 is 5.32 Å². The number of aryl methyl sites for hydroxylation is 1. The van der Waals surface area contributed by atoms with Gasteiger partial charge in [0.2, 0.25) is 0 Å². The fourth-order valence-electron chi connectivity index (χ4n) is 0.748. The number of nitrogens with one attached hydrogen (secondary N) is 1. The Bertz CT molecular complexity index is 387. The molecule has 0 saturated heterocycles. The summed E-state index contributed by atoms with van der Waals surface area (Å²) in [4.78, 5) is 0. The van der Waals surface area contributed by atoms with Crippen LogP contribution in [0.15, 0.2) is 22.5 Å². The van der Waals surface area contributed by atoms with Crippen LogP contribution in [0.4, 0.5) is 5.69 Å². The highest BCUT2D eigenvalue weighted by Gasteiger charge is 1.96. The van der Waals surface area contributed by atoms with Crippen molar-refractivity contribution in [2.24, 2.45) is 0 Å². The zero-order valence-electron chi connectivity index (χ0n) is 7.03. The van der Waals surface area contributed by atoms with Gasteiger partial charge in [-0.3, -0.25) is 0 Å². The van der Waals surface area contributed by atoms with Crippen molar-refractivity contribution in [2.45, 2.75) is 6.92 Å². The van der Waals surface area contributed by atoms with Crippen molar-refractivity contribution >= 4 is 17.0 Å². The lowest BCUT2D eigenvalue weighted by atomic mass is 10.3. The highest BCUT2D eigenvalue weighted by Crippen LogP contribution is 2.19. The van der Waals surface area contributed by atoms with Crippen molar-refractivity contribution in [2.75, 3.05) is 5.32 Å². The number of nitrogens with zero attached hydrogens (tertiary/aromatic N) is 2. The first-order valence-corrected chi connectivity index (χ1v) is 4.52. The molecule has 0 fully saturated rings. The quantitative estimate of drug-likeness (QED) is 0.727. The zero-order valence-corrected chi connectivity index (χ0v) is 7.85. The highest BCUT2D eigenvalue weighted by molar-refractivity contribution is 7.08. The number of hydrogen-bond donors (Lipinski definition) is 1. The standard InChI is InChI=1S/C9H7N3S/c1-7-5-13-6-9(7)12-4-8(2-10)3-11/h4-6,12H,1H3. The fraction of sp³-hybridized carbons (Fsp3) is 0.111. The van der Waals surface area contributed by atoms with E-state index in [-0.39, 0.29) is 5.57 Å². The van der Waals surface area contributed by atoms with Crippen molar-refractivity contribution in [3.8, 4) is 12.1 Å². The van der Waals surface area contributed by atoms with E-state index in [0.717, 1.165) is 11.3 Å². The normalized spacial score (nSPS) is 8.23. The SMILES string of the molecule is Cc1cscc1NC=C(C#N)C#N. The van der Waals surface area contributed by atoms with Gasteiger partial charge in [0.1, 0.15) is 17.7 Å². The summed E-state index contributed by atoms with van der Waals surface area (Å²) in [5, 5.41) is 23.7. The maximum absolute atomic E-state index is 8.45. The first kappa shape index (κ1) is 9.31. The van der Waals surface area contributed by atoms with E-state index in [1.165, 1.54) is 6.20 Å². The number of allylic oxidation sites excluding steroid dienone is 1. The fourth-order valence-corrected chi connectivity index (χ4v) is 1.54. The third kappa shape index (κ3) is 2.33. The lowest BCUT2D eigenvalue weighted by Crippen LogP contribution is -1.89. The van der Waals surface area contributed by atoms with E-state index >= 15 is 0 Å². The van der Waals surface area contributed by atoms with E-state index in [4.69, 9.17) is 10.5 Å². The number of hydrogen-bond acceptors (Lipinski definition) is 4. The molecule has 0 aromatic carbocycles. The van der Waals surface area contributed by atoms with Crippen LogP contribution in [0.1, 0.15) is 5.56 Å². The molecular formula is C9H7N3S. The predicted octanol–water partition coefficient (Wildman–Crippen LogP) is 2.40. The predicted molar refractivity (Wildman–Crippen MR) is 52.0 cm³/mol. The van der Waals surface area contributed by atoms with E-state index in [2.05, 4.69) is 5.32 Å². The van der Waals surface area contributed by atoms with Crippen LogP contribution < -0.4 is 5.32 Å².